The predicted molar refractivity (Wildman–Crippen MR) is 101 cm³/mol. The van der Waals surface area contributed by atoms with Crippen molar-refractivity contribution in [1.29, 1.82) is 0 Å². The van der Waals surface area contributed by atoms with Crippen molar-refractivity contribution in [1.82, 2.24) is 24.1 Å². The van der Waals surface area contributed by atoms with Crippen LogP contribution >= 0.6 is 0 Å². The first-order chi connectivity index (χ1) is 12.8. The third-order valence-corrected chi connectivity index (χ3v) is 5.59. The Hall–Kier alpha value is -2.89. The van der Waals surface area contributed by atoms with E-state index in [2.05, 4.69) is 49.9 Å². The number of nitrogens with zero attached hydrogens (tertiary/aromatic N) is 6. The lowest BCUT2D eigenvalue weighted by Crippen LogP contribution is -2.49. The Bertz CT molecular complexity index is 1130. The predicted octanol–water partition coefficient (Wildman–Crippen LogP) is 3.33. The molecule has 0 bridgehead atoms. The Balaban J connectivity index is 1.37. The standard InChI is InChI=1S/C20H20N6/c1-13-10-19(26-18(22-13)8-9-21-26)24-11-15(12-24)25-17-5-3-2-4-16(17)23-20(25)14-6-7-14/h2-5,8-10,14-15H,6-7,11-12H2,1H3. The van der Waals surface area contributed by atoms with Gasteiger partial charge in [-0.15, -0.1) is 0 Å². The number of anilines is 1. The SMILES string of the molecule is Cc1cc(N2CC(n3c(C4CC4)nc4ccccc43)C2)n2nccc2n1. The summed E-state index contributed by atoms with van der Waals surface area (Å²) in [6.07, 6.45) is 4.37. The fourth-order valence-corrected chi connectivity index (χ4v) is 4.13. The van der Waals surface area contributed by atoms with Crippen LogP contribution in [0.25, 0.3) is 16.7 Å². The molecule has 6 nitrogen and oxygen atoms in total. The summed E-state index contributed by atoms with van der Waals surface area (Å²) in [6, 6.07) is 13.1. The lowest BCUT2D eigenvalue weighted by molar-refractivity contribution is 0.393. The van der Waals surface area contributed by atoms with Crippen LogP contribution < -0.4 is 4.90 Å². The highest BCUT2D eigenvalue weighted by atomic mass is 15.4. The van der Waals surface area contributed by atoms with E-state index < -0.39 is 0 Å². The Morgan fingerprint density at radius 3 is 2.73 bits per heavy atom. The van der Waals surface area contributed by atoms with Crippen LogP contribution in [0.5, 0.6) is 0 Å². The van der Waals surface area contributed by atoms with Crippen molar-refractivity contribution in [3.63, 3.8) is 0 Å². The van der Waals surface area contributed by atoms with Crippen molar-refractivity contribution in [3.05, 3.63) is 54.1 Å². The first-order valence-electron chi connectivity index (χ1n) is 9.31. The molecule has 0 N–H and O–H groups in total. The van der Waals surface area contributed by atoms with E-state index >= 15 is 0 Å². The van der Waals surface area contributed by atoms with Crippen molar-refractivity contribution in [2.75, 3.05) is 18.0 Å². The lowest BCUT2D eigenvalue weighted by Gasteiger charge is -2.42. The highest BCUT2D eigenvalue weighted by molar-refractivity contribution is 5.76. The summed E-state index contributed by atoms with van der Waals surface area (Å²) in [4.78, 5) is 11.9. The van der Waals surface area contributed by atoms with Gasteiger partial charge in [0.15, 0.2) is 5.65 Å². The topological polar surface area (TPSA) is 51.2 Å². The molecule has 0 radical (unpaired) electrons. The Morgan fingerprint density at radius 1 is 1.04 bits per heavy atom. The van der Waals surface area contributed by atoms with Crippen LogP contribution in [-0.2, 0) is 0 Å². The molecule has 4 heterocycles. The molecule has 0 spiro atoms. The average molecular weight is 344 g/mol. The summed E-state index contributed by atoms with van der Waals surface area (Å²) in [5, 5.41) is 4.45. The van der Waals surface area contributed by atoms with Crippen LogP contribution in [-0.4, -0.2) is 37.2 Å². The maximum Gasteiger partial charge on any atom is 0.157 e. The van der Waals surface area contributed by atoms with Gasteiger partial charge in [-0.05, 0) is 31.9 Å². The maximum absolute atomic E-state index is 4.95. The molecule has 1 aliphatic carbocycles. The molecule has 1 saturated heterocycles. The molecule has 26 heavy (non-hydrogen) atoms. The van der Waals surface area contributed by atoms with Crippen molar-refractivity contribution >= 4 is 22.5 Å². The molecule has 4 aromatic rings. The summed E-state index contributed by atoms with van der Waals surface area (Å²) in [5.74, 6) is 3.06. The Morgan fingerprint density at radius 2 is 1.88 bits per heavy atom. The smallest absolute Gasteiger partial charge is 0.157 e. The van der Waals surface area contributed by atoms with Gasteiger partial charge in [0.05, 0.1) is 23.3 Å². The van der Waals surface area contributed by atoms with Crippen LogP contribution in [0.15, 0.2) is 42.6 Å². The van der Waals surface area contributed by atoms with Crippen molar-refractivity contribution in [2.45, 2.75) is 31.7 Å². The Labute approximate surface area is 151 Å². The van der Waals surface area contributed by atoms with Gasteiger partial charge in [-0.2, -0.15) is 9.61 Å². The van der Waals surface area contributed by atoms with Crippen molar-refractivity contribution < 1.29 is 0 Å². The minimum Gasteiger partial charge on any atom is -0.352 e. The first-order valence-corrected chi connectivity index (χ1v) is 9.31. The zero-order valence-corrected chi connectivity index (χ0v) is 14.7. The summed E-state index contributed by atoms with van der Waals surface area (Å²) < 4.78 is 4.44. The van der Waals surface area contributed by atoms with E-state index in [9.17, 15) is 0 Å². The summed E-state index contributed by atoms with van der Waals surface area (Å²) in [6.45, 7) is 4.01. The summed E-state index contributed by atoms with van der Waals surface area (Å²) in [7, 11) is 0. The minimum absolute atomic E-state index is 0.470. The fraction of sp³-hybridized carbons (Fsp3) is 0.350. The normalized spacial score (nSPS) is 18.0. The number of fused-ring (bicyclic) bond motifs is 2. The van der Waals surface area contributed by atoms with Crippen molar-refractivity contribution in [2.24, 2.45) is 0 Å². The summed E-state index contributed by atoms with van der Waals surface area (Å²) in [5.41, 5.74) is 4.34. The number of para-hydroxylation sites is 2. The van der Waals surface area contributed by atoms with Crippen LogP contribution in [0.2, 0.25) is 0 Å². The lowest BCUT2D eigenvalue weighted by atomic mass is 10.1. The van der Waals surface area contributed by atoms with Gasteiger partial charge in [-0.25, -0.2) is 9.97 Å². The zero-order valence-electron chi connectivity index (χ0n) is 14.7. The molecule has 1 aromatic carbocycles. The molecule has 0 unspecified atom stereocenters. The highest BCUT2D eigenvalue weighted by Crippen LogP contribution is 2.43. The van der Waals surface area contributed by atoms with Gasteiger partial charge >= 0.3 is 0 Å². The van der Waals surface area contributed by atoms with E-state index in [1.807, 2.05) is 23.7 Å². The van der Waals surface area contributed by atoms with Gasteiger partial charge in [0, 0.05) is 36.8 Å². The van der Waals surface area contributed by atoms with E-state index in [-0.39, 0.29) is 0 Å². The zero-order chi connectivity index (χ0) is 17.3. The molecule has 1 aliphatic heterocycles. The van der Waals surface area contributed by atoms with E-state index in [1.165, 1.54) is 24.2 Å². The van der Waals surface area contributed by atoms with Crippen LogP contribution in [0.1, 0.15) is 36.3 Å². The van der Waals surface area contributed by atoms with Gasteiger partial charge in [0.2, 0.25) is 0 Å². The molecule has 6 heteroatoms. The second-order valence-corrected chi connectivity index (χ2v) is 7.52. The average Bonchev–Trinajstić information content (AvgIpc) is 3.22. The molecular weight excluding hydrogens is 324 g/mol. The molecule has 0 amide bonds. The van der Waals surface area contributed by atoms with Crippen LogP contribution in [0.4, 0.5) is 5.82 Å². The molecule has 2 fully saturated rings. The minimum atomic E-state index is 0.470. The van der Waals surface area contributed by atoms with Crippen molar-refractivity contribution in [3.8, 4) is 0 Å². The number of benzene rings is 1. The Kier molecular flexibility index (Phi) is 2.78. The molecule has 2 aliphatic rings. The molecule has 6 rings (SSSR count). The third-order valence-electron chi connectivity index (χ3n) is 5.59. The highest BCUT2D eigenvalue weighted by Gasteiger charge is 2.37. The number of rotatable bonds is 3. The number of aromatic nitrogens is 5. The van der Waals surface area contributed by atoms with Gasteiger partial charge in [-0.3, -0.25) is 0 Å². The molecule has 3 aromatic heterocycles. The fourth-order valence-electron chi connectivity index (χ4n) is 4.13. The van der Waals surface area contributed by atoms with E-state index in [0.717, 1.165) is 35.8 Å². The summed E-state index contributed by atoms with van der Waals surface area (Å²) >= 11 is 0. The number of hydrogen-bond acceptors (Lipinski definition) is 4. The maximum atomic E-state index is 4.95. The second kappa shape index (κ2) is 5.06. The number of hydrogen-bond donors (Lipinski definition) is 0. The molecule has 0 atom stereocenters. The van der Waals surface area contributed by atoms with Crippen LogP contribution in [0, 0.1) is 6.92 Å². The van der Waals surface area contributed by atoms with E-state index in [0.29, 0.717) is 12.0 Å². The molecule has 1 saturated carbocycles. The largest absolute Gasteiger partial charge is 0.352 e. The second-order valence-electron chi connectivity index (χ2n) is 7.52. The van der Waals surface area contributed by atoms with Gasteiger partial charge in [0.1, 0.15) is 11.6 Å². The van der Waals surface area contributed by atoms with Gasteiger partial charge < -0.3 is 9.47 Å². The number of imidazole rings is 1. The van der Waals surface area contributed by atoms with E-state index in [4.69, 9.17) is 4.98 Å². The van der Waals surface area contributed by atoms with Gasteiger partial charge in [0.25, 0.3) is 0 Å². The first kappa shape index (κ1) is 14.3. The molecular formula is C20H20N6. The number of aryl methyl sites for hydroxylation is 1. The van der Waals surface area contributed by atoms with E-state index in [1.54, 1.807) is 0 Å². The third kappa shape index (κ3) is 2.01. The molecule has 130 valence electrons. The quantitative estimate of drug-likeness (QED) is 0.572. The monoisotopic (exact) mass is 344 g/mol. The van der Waals surface area contributed by atoms with Crippen LogP contribution in [0.3, 0.4) is 0 Å². The van der Waals surface area contributed by atoms with Gasteiger partial charge in [-0.1, -0.05) is 12.1 Å².